The zero-order chi connectivity index (χ0) is 27.8. The lowest BCUT2D eigenvalue weighted by Gasteiger charge is -2.29. The van der Waals surface area contributed by atoms with Gasteiger partial charge in [0, 0.05) is 31.8 Å². The van der Waals surface area contributed by atoms with Crippen molar-refractivity contribution >= 4 is 28.2 Å². The molecule has 4 aromatic heterocycles. The molecule has 5 heterocycles. The van der Waals surface area contributed by atoms with E-state index in [2.05, 4.69) is 30.2 Å². The molecule has 12 heteroatoms. The van der Waals surface area contributed by atoms with Gasteiger partial charge < -0.3 is 19.0 Å². The van der Waals surface area contributed by atoms with Crippen molar-refractivity contribution in [1.82, 2.24) is 39.8 Å². The number of H-pyrrole nitrogens is 1. The maximum absolute atomic E-state index is 13.5. The maximum atomic E-state index is 13.5. The third-order valence-corrected chi connectivity index (χ3v) is 6.95. The van der Waals surface area contributed by atoms with Crippen LogP contribution in [0.15, 0.2) is 59.0 Å². The molecule has 0 atom stereocenters. The number of amides is 1. The highest BCUT2D eigenvalue weighted by Gasteiger charge is 2.31. The van der Waals surface area contributed by atoms with Gasteiger partial charge in [0.1, 0.15) is 17.9 Å². The number of piperidine rings is 1. The van der Waals surface area contributed by atoms with Crippen LogP contribution in [0.3, 0.4) is 0 Å². The molecule has 1 aliphatic heterocycles. The van der Waals surface area contributed by atoms with E-state index in [1.165, 1.54) is 30.5 Å². The Bertz CT molecular complexity index is 1760. The van der Waals surface area contributed by atoms with Crippen LogP contribution >= 0.6 is 0 Å². The van der Waals surface area contributed by atoms with E-state index in [0.717, 1.165) is 16.7 Å². The van der Waals surface area contributed by atoms with Gasteiger partial charge in [-0.3, -0.25) is 9.59 Å². The Labute approximate surface area is 236 Å². The average Bonchev–Trinajstić information content (AvgIpc) is 3.73. The van der Waals surface area contributed by atoms with Crippen molar-refractivity contribution in [2.75, 3.05) is 20.2 Å². The van der Waals surface area contributed by atoms with Gasteiger partial charge in [-0.25, -0.2) is 14.6 Å². The summed E-state index contributed by atoms with van der Waals surface area (Å²) >= 11 is 0. The lowest BCUT2D eigenvalue weighted by Crippen LogP contribution is -2.40. The number of aryl methyl sites for hydroxylation is 2. The molecule has 0 bridgehead atoms. The summed E-state index contributed by atoms with van der Waals surface area (Å²) in [6.45, 7) is 4.29. The third-order valence-electron chi connectivity index (χ3n) is 6.95. The first-order valence-corrected chi connectivity index (χ1v) is 12.8. The number of ketones is 1. The van der Waals surface area contributed by atoms with E-state index in [0.29, 0.717) is 66.0 Å². The summed E-state index contributed by atoms with van der Waals surface area (Å²) in [6, 6.07) is 9.85. The van der Waals surface area contributed by atoms with Gasteiger partial charge in [0.25, 0.3) is 11.7 Å². The van der Waals surface area contributed by atoms with Gasteiger partial charge in [-0.2, -0.15) is 5.10 Å². The smallest absolute Gasteiger partial charge is 0.295 e. The summed E-state index contributed by atoms with van der Waals surface area (Å²) in [4.78, 5) is 40.2. The highest BCUT2D eigenvalue weighted by atomic mass is 16.5. The van der Waals surface area contributed by atoms with Crippen LogP contribution in [-0.2, 0) is 4.79 Å². The van der Waals surface area contributed by atoms with Crippen LogP contribution < -0.4 is 4.74 Å². The molecule has 0 saturated carbocycles. The number of carbonyl (C=O) groups excluding carboxylic acids is 2. The quantitative estimate of drug-likeness (QED) is 0.242. The van der Waals surface area contributed by atoms with Gasteiger partial charge in [-0.15, -0.1) is 10.2 Å². The molecular weight excluding hydrogens is 524 g/mol. The van der Waals surface area contributed by atoms with Crippen molar-refractivity contribution in [3.63, 3.8) is 0 Å². The Balaban J connectivity index is 0.00000337. The molecule has 5 aromatic rings. The van der Waals surface area contributed by atoms with Crippen molar-refractivity contribution in [1.29, 1.82) is 0 Å². The molecule has 1 amide bonds. The molecule has 0 radical (unpaired) electrons. The number of nitrogens with one attached hydrogen (secondary N) is 1. The molecule has 41 heavy (non-hydrogen) atoms. The predicted octanol–water partition coefficient (Wildman–Crippen LogP) is 4.10. The van der Waals surface area contributed by atoms with Gasteiger partial charge in [0.15, 0.2) is 5.82 Å². The topological polar surface area (TPSA) is 145 Å². The van der Waals surface area contributed by atoms with Gasteiger partial charge in [0.2, 0.25) is 11.8 Å². The van der Waals surface area contributed by atoms with Crippen LogP contribution in [0.4, 0.5) is 0 Å². The maximum Gasteiger partial charge on any atom is 0.295 e. The van der Waals surface area contributed by atoms with Crippen LogP contribution in [0.25, 0.3) is 22.3 Å². The minimum absolute atomic E-state index is 0. The number of benzene rings is 1. The summed E-state index contributed by atoms with van der Waals surface area (Å²) in [5.41, 5.74) is 3.68. The number of methoxy groups -OCH3 is 1. The molecule has 6 rings (SSSR count). The molecule has 0 aliphatic carbocycles. The Morgan fingerprint density at radius 1 is 1.05 bits per heavy atom. The number of ether oxygens (including phenoxy) is 1. The first-order valence-electron chi connectivity index (χ1n) is 12.8. The number of fused-ring (bicyclic) bond motifs is 1. The Hall–Kier alpha value is -5.13. The second kappa shape index (κ2) is 11.2. The van der Waals surface area contributed by atoms with Crippen molar-refractivity contribution in [2.45, 2.75) is 34.1 Å². The number of hydrogen-bond donors (Lipinski definition) is 1. The molecule has 1 aliphatic rings. The third kappa shape index (κ3) is 4.99. The Morgan fingerprint density at radius 3 is 2.44 bits per heavy atom. The largest absolute Gasteiger partial charge is 0.494 e. The van der Waals surface area contributed by atoms with E-state index >= 15 is 0 Å². The van der Waals surface area contributed by atoms with E-state index < -0.39 is 11.7 Å². The minimum atomic E-state index is -0.625. The summed E-state index contributed by atoms with van der Waals surface area (Å²) in [7, 11) is 1.49. The van der Waals surface area contributed by atoms with E-state index in [-0.39, 0.29) is 13.0 Å². The molecule has 12 nitrogen and oxygen atoms in total. The van der Waals surface area contributed by atoms with Crippen molar-refractivity contribution in [2.24, 2.45) is 0 Å². The number of hydrogen-bond acceptors (Lipinski definition) is 9. The fourth-order valence-corrected chi connectivity index (χ4v) is 5.03. The number of Topliss-reactive ketones (excluding diaryl/α,β-unsaturated/α-hetero) is 1. The van der Waals surface area contributed by atoms with Crippen LogP contribution in [0, 0.1) is 13.8 Å². The number of nitrogens with zero attached hydrogens (tertiary/aromatic N) is 7. The zero-order valence-corrected chi connectivity index (χ0v) is 22.2. The van der Waals surface area contributed by atoms with Crippen molar-refractivity contribution in [3.05, 3.63) is 83.4 Å². The Morgan fingerprint density at radius 2 is 1.80 bits per heavy atom. The summed E-state index contributed by atoms with van der Waals surface area (Å²) in [5.74, 6) is 1.12. The fourth-order valence-electron chi connectivity index (χ4n) is 5.03. The average molecular weight is 555 g/mol. The van der Waals surface area contributed by atoms with Crippen LogP contribution in [-0.4, -0.2) is 71.7 Å². The van der Waals surface area contributed by atoms with E-state index in [9.17, 15) is 9.59 Å². The minimum Gasteiger partial charge on any atom is -0.494 e. The lowest BCUT2D eigenvalue weighted by molar-refractivity contribution is -0.126. The predicted molar refractivity (Wildman–Crippen MR) is 151 cm³/mol. The lowest BCUT2D eigenvalue weighted by atomic mass is 9.92. The zero-order valence-electron chi connectivity index (χ0n) is 22.2. The highest BCUT2D eigenvalue weighted by molar-refractivity contribution is 6.45. The molecular formula is C29H30N8O4. The first kappa shape index (κ1) is 27.4. The van der Waals surface area contributed by atoms with Crippen LogP contribution in [0.1, 0.15) is 53.8 Å². The van der Waals surface area contributed by atoms with Gasteiger partial charge in [-0.1, -0.05) is 43.3 Å². The van der Waals surface area contributed by atoms with E-state index in [1.807, 2.05) is 30.3 Å². The monoisotopic (exact) mass is 554 g/mol. The number of rotatable bonds is 6. The molecule has 1 aromatic carbocycles. The van der Waals surface area contributed by atoms with Gasteiger partial charge in [0.05, 0.1) is 29.8 Å². The van der Waals surface area contributed by atoms with Crippen LogP contribution in [0.2, 0.25) is 0 Å². The molecule has 210 valence electrons. The number of likely N-dealkylation sites (tertiary alicyclic amines) is 1. The highest BCUT2D eigenvalue weighted by Crippen LogP contribution is 2.34. The SMILES string of the molecule is C.COc1cnc(-n2cnc(C)n2)c2[nH]cc(C(=O)C(=O)N3CCC(=C(c4ccccc4)c4nnc(C)o4)CC3)c12. The Kier molecular flexibility index (Phi) is 7.47. The van der Waals surface area contributed by atoms with E-state index in [1.54, 1.807) is 18.7 Å². The van der Waals surface area contributed by atoms with Crippen molar-refractivity contribution < 1.29 is 18.7 Å². The summed E-state index contributed by atoms with van der Waals surface area (Å²) in [5, 5.41) is 13.0. The normalized spacial score (nSPS) is 13.2. The summed E-state index contributed by atoms with van der Waals surface area (Å²) in [6.07, 6.45) is 5.70. The number of carbonyl (C=O) groups is 2. The van der Waals surface area contributed by atoms with Gasteiger partial charge >= 0.3 is 0 Å². The molecule has 1 saturated heterocycles. The standard InChI is InChI=1S/C28H26N8O4.CH4/c1-16-31-15-36(34-16)26-24-23(21(39-3)14-30-26)20(13-29-24)25(37)28(38)35-11-9-19(10-12-35)22(18-7-5-4-6-8-18)27-33-32-17(2)40-27;/h4-8,13-15,29H,9-12H2,1-3H3;1H4. The molecule has 1 N–H and O–H groups in total. The van der Waals surface area contributed by atoms with Crippen LogP contribution in [0.5, 0.6) is 5.75 Å². The second-order valence-corrected chi connectivity index (χ2v) is 9.43. The molecule has 0 spiro atoms. The van der Waals surface area contributed by atoms with Crippen molar-refractivity contribution in [3.8, 4) is 11.6 Å². The summed E-state index contributed by atoms with van der Waals surface area (Å²) < 4.78 is 12.8. The number of aromatic amines is 1. The molecule has 0 unspecified atom stereocenters. The second-order valence-electron chi connectivity index (χ2n) is 9.43. The van der Waals surface area contributed by atoms with Gasteiger partial charge in [-0.05, 0) is 25.3 Å². The molecule has 1 fully saturated rings. The number of pyridine rings is 1. The first-order chi connectivity index (χ1) is 19.4. The van der Waals surface area contributed by atoms with E-state index in [4.69, 9.17) is 9.15 Å². The number of aromatic nitrogens is 7. The fraction of sp³-hybridized carbons (Fsp3) is 0.276.